The predicted molar refractivity (Wildman–Crippen MR) is 127 cm³/mol. The van der Waals surface area contributed by atoms with E-state index in [0.717, 1.165) is 25.8 Å². The van der Waals surface area contributed by atoms with Gasteiger partial charge in [-0.1, -0.05) is 88.4 Å². The fraction of sp³-hybridized carbons (Fsp3) is 0.500. The van der Waals surface area contributed by atoms with Crippen LogP contribution in [0.15, 0.2) is 60.7 Å². The second-order valence-electron chi connectivity index (χ2n) is 10.3. The minimum atomic E-state index is -2.61. The van der Waals surface area contributed by atoms with Crippen LogP contribution in [0.3, 0.4) is 0 Å². The minimum Gasteiger partial charge on any atom is -0.480 e. The Morgan fingerprint density at radius 2 is 1.65 bits per heavy atom. The first-order chi connectivity index (χ1) is 14.7. The molecule has 0 aliphatic carbocycles. The second kappa shape index (κ2) is 8.19. The molecule has 2 aliphatic heterocycles. The molecule has 0 aromatic heterocycles. The van der Waals surface area contributed by atoms with Crippen molar-refractivity contribution in [3.8, 4) is 0 Å². The van der Waals surface area contributed by atoms with Crippen molar-refractivity contribution in [3.05, 3.63) is 60.7 Å². The molecule has 5 heteroatoms. The summed E-state index contributed by atoms with van der Waals surface area (Å²) in [7, 11) is -2.61. The maximum absolute atomic E-state index is 12.3. The lowest BCUT2D eigenvalue weighted by Crippen LogP contribution is -2.67. The van der Waals surface area contributed by atoms with Crippen LogP contribution >= 0.6 is 0 Å². The molecule has 4 rings (SSSR count). The third-order valence-corrected chi connectivity index (χ3v) is 12.6. The lowest BCUT2D eigenvalue weighted by Gasteiger charge is -2.44. The van der Waals surface area contributed by atoms with E-state index in [0.29, 0.717) is 6.61 Å². The molecule has 0 radical (unpaired) electrons. The van der Waals surface area contributed by atoms with Gasteiger partial charge in [-0.05, 0) is 47.1 Å². The maximum Gasteiger partial charge on any atom is 0.324 e. The van der Waals surface area contributed by atoms with Gasteiger partial charge in [-0.15, -0.1) is 0 Å². The SMILES string of the molecule is CC1CC(CO[Si](c2ccccc2)(c2ccccc2)C(C)(C)C)N2CCCC12C(=O)O. The molecule has 2 saturated heterocycles. The Morgan fingerprint density at radius 1 is 1.10 bits per heavy atom. The van der Waals surface area contributed by atoms with Crippen molar-refractivity contribution < 1.29 is 14.3 Å². The van der Waals surface area contributed by atoms with E-state index in [1.807, 2.05) is 0 Å². The molecular weight excluding hydrogens is 402 g/mol. The van der Waals surface area contributed by atoms with Gasteiger partial charge in [-0.25, -0.2) is 0 Å². The number of nitrogens with zero attached hydrogens (tertiary/aromatic N) is 1. The lowest BCUT2D eigenvalue weighted by atomic mass is 9.84. The summed E-state index contributed by atoms with van der Waals surface area (Å²) < 4.78 is 7.14. The van der Waals surface area contributed by atoms with Gasteiger partial charge in [0.05, 0.1) is 6.61 Å². The Bertz CT molecular complexity index is 872. The molecule has 0 bridgehead atoms. The summed E-state index contributed by atoms with van der Waals surface area (Å²) in [6.45, 7) is 10.4. The van der Waals surface area contributed by atoms with E-state index < -0.39 is 19.8 Å². The first-order valence-electron chi connectivity index (χ1n) is 11.5. The molecule has 1 N–H and O–H groups in total. The summed E-state index contributed by atoms with van der Waals surface area (Å²) in [4.78, 5) is 14.5. The standard InChI is InChI=1S/C26H35NO3Si/c1-20-18-21(27-17-11-16-26(20,27)24(28)29)19-30-31(25(2,3)4,22-12-7-5-8-13-22)23-14-9-6-10-15-23/h5-10,12-15,20-21H,11,16-19H2,1-4H3,(H,28,29). The Balaban J connectivity index is 1.72. The topological polar surface area (TPSA) is 49.8 Å². The molecular formula is C26H35NO3Si. The highest BCUT2D eigenvalue weighted by atomic mass is 28.4. The summed E-state index contributed by atoms with van der Waals surface area (Å²) in [5, 5.41) is 12.6. The molecule has 2 aromatic carbocycles. The summed E-state index contributed by atoms with van der Waals surface area (Å²) in [6.07, 6.45) is 2.58. The van der Waals surface area contributed by atoms with Gasteiger partial charge in [0.25, 0.3) is 8.32 Å². The van der Waals surface area contributed by atoms with E-state index in [1.165, 1.54) is 10.4 Å². The molecule has 2 fully saturated rings. The van der Waals surface area contributed by atoms with E-state index >= 15 is 0 Å². The Labute approximate surface area is 187 Å². The van der Waals surface area contributed by atoms with Gasteiger partial charge in [0.2, 0.25) is 0 Å². The van der Waals surface area contributed by atoms with Crippen molar-refractivity contribution in [2.75, 3.05) is 13.2 Å². The van der Waals surface area contributed by atoms with Gasteiger partial charge in [0.1, 0.15) is 5.54 Å². The highest BCUT2D eigenvalue weighted by Crippen LogP contribution is 2.47. The van der Waals surface area contributed by atoms with Crippen molar-refractivity contribution >= 4 is 24.7 Å². The second-order valence-corrected chi connectivity index (χ2v) is 14.6. The van der Waals surface area contributed by atoms with E-state index in [2.05, 4.69) is 93.3 Å². The van der Waals surface area contributed by atoms with Crippen LogP contribution in [0, 0.1) is 5.92 Å². The number of carboxylic acid groups (broad SMARTS) is 1. The maximum atomic E-state index is 12.3. The highest BCUT2D eigenvalue weighted by Gasteiger charge is 2.59. The fourth-order valence-electron chi connectivity index (χ4n) is 6.21. The van der Waals surface area contributed by atoms with Crippen LogP contribution < -0.4 is 10.4 Å². The molecule has 31 heavy (non-hydrogen) atoms. The van der Waals surface area contributed by atoms with E-state index in [1.54, 1.807) is 0 Å². The number of carbonyl (C=O) groups is 1. The minimum absolute atomic E-state index is 0.0746. The van der Waals surface area contributed by atoms with Crippen LogP contribution in [0.25, 0.3) is 0 Å². The third kappa shape index (κ3) is 3.47. The Morgan fingerprint density at radius 3 is 2.13 bits per heavy atom. The van der Waals surface area contributed by atoms with Crippen molar-refractivity contribution in [2.24, 2.45) is 5.92 Å². The molecule has 2 heterocycles. The molecule has 2 aromatic rings. The van der Waals surface area contributed by atoms with Crippen LogP contribution in [0.2, 0.25) is 5.04 Å². The molecule has 166 valence electrons. The van der Waals surface area contributed by atoms with Crippen LogP contribution in [0.1, 0.15) is 47.0 Å². The number of aliphatic carboxylic acids is 1. The van der Waals surface area contributed by atoms with Gasteiger partial charge >= 0.3 is 5.97 Å². The Hall–Kier alpha value is -1.95. The summed E-state index contributed by atoms with van der Waals surface area (Å²) in [6, 6.07) is 21.5. The van der Waals surface area contributed by atoms with Gasteiger partial charge in [-0.2, -0.15) is 0 Å². The average molecular weight is 438 g/mol. The first-order valence-corrected chi connectivity index (χ1v) is 13.4. The number of rotatable bonds is 6. The van der Waals surface area contributed by atoms with Gasteiger partial charge < -0.3 is 9.53 Å². The molecule has 4 nitrogen and oxygen atoms in total. The molecule has 0 amide bonds. The van der Waals surface area contributed by atoms with Crippen molar-refractivity contribution in [3.63, 3.8) is 0 Å². The quantitative estimate of drug-likeness (QED) is 0.697. The molecule has 0 saturated carbocycles. The van der Waals surface area contributed by atoms with Crippen LogP contribution in [-0.4, -0.2) is 49.0 Å². The predicted octanol–water partition coefficient (Wildman–Crippen LogP) is 3.89. The summed E-state index contributed by atoms with van der Waals surface area (Å²) in [5.41, 5.74) is -0.709. The van der Waals surface area contributed by atoms with Crippen LogP contribution in [-0.2, 0) is 9.22 Å². The van der Waals surface area contributed by atoms with Crippen molar-refractivity contribution in [1.29, 1.82) is 0 Å². The molecule has 0 spiro atoms. The van der Waals surface area contributed by atoms with E-state index in [4.69, 9.17) is 4.43 Å². The van der Waals surface area contributed by atoms with E-state index in [-0.39, 0.29) is 17.0 Å². The van der Waals surface area contributed by atoms with Crippen molar-refractivity contribution in [2.45, 2.75) is 63.6 Å². The monoisotopic (exact) mass is 437 g/mol. The summed E-state index contributed by atoms with van der Waals surface area (Å²) in [5.74, 6) is -0.522. The molecule has 3 atom stereocenters. The molecule has 2 aliphatic rings. The smallest absolute Gasteiger partial charge is 0.324 e. The zero-order valence-corrected chi connectivity index (χ0v) is 20.2. The number of benzene rings is 2. The first kappa shape index (κ1) is 22.2. The van der Waals surface area contributed by atoms with Crippen LogP contribution in [0.4, 0.5) is 0 Å². The van der Waals surface area contributed by atoms with E-state index in [9.17, 15) is 9.90 Å². The van der Waals surface area contributed by atoms with Crippen LogP contribution in [0.5, 0.6) is 0 Å². The number of carboxylic acids is 1. The number of hydrogen-bond donors (Lipinski definition) is 1. The van der Waals surface area contributed by atoms with Gasteiger partial charge in [0, 0.05) is 6.04 Å². The largest absolute Gasteiger partial charge is 0.480 e. The average Bonchev–Trinajstić information content (AvgIpc) is 3.30. The Kier molecular flexibility index (Phi) is 5.88. The zero-order chi connectivity index (χ0) is 22.3. The fourth-order valence-corrected chi connectivity index (χ4v) is 10.8. The van der Waals surface area contributed by atoms with Crippen molar-refractivity contribution in [1.82, 2.24) is 4.90 Å². The van der Waals surface area contributed by atoms with Gasteiger partial charge in [0.15, 0.2) is 0 Å². The lowest BCUT2D eigenvalue weighted by molar-refractivity contribution is -0.150. The number of fused-ring (bicyclic) bond motifs is 1. The number of hydrogen-bond acceptors (Lipinski definition) is 3. The summed E-state index contributed by atoms with van der Waals surface area (Å²) >= 11 is 0. The normalized spacial score (nSPS) is 26.7. The van der Waals surface area contributed by atoms with Gasteiger partial charge in [-0.3, -0.25) is 9.69 Å². The molecule has 3 unspecified atom stereocenters. The zero-order valence-electron chi connectivity index (χ0n) is 19.2. The highest BCUT2D eigenvalue weighted by molar-refractivity contribution is 6.99. The third-order valence-electron chi connectivity index (χ3n) is 7.63.